The highest BCUT2D eigenvalue weighted by Crippen LogP contribution is 2.18. The highest BCUT2D eigenvalue weighted by Gasteiger charge is 2.21. The van der Waals surface area contributed by atoms with Crippen molar-refractivity contribution >= 4 is 11.6 Å². The summed E-state index contributed by atoms with van der Waals surface area (Å²) in [5.74, 6) is 1.40. The number of aryl methyl sites for hydroxylation is 1. The molecule has 0 aromatic carbocycles. The van der Waals surface area contributed by atoms with Gasteiger partial charge in [-0.2, -0.15) is 5.10 Å². The fraction of sp³-hybridized carbons (Fsp3) is 0.333. The summed E-state index contributed by atoms with van der Waals surface area (Å²) in [4.78, 5) is 20.9. The van der Waals surface area contributed by atoms with Crippen LogP contribution in [-0.4, -0.2) is 36.6 Å². The van der Waals surface area contributed by atoms with E-state index in [0.717, 1.165) is 25.2 Å². The van der Waals surface area contributed by atoms with Gasteiger partial charge in [-0.3, -0.25) is 4.79 Å². The Morgan fingerprint density at radius 2 is 2.27 bits per heavy atom. The third-order valence-electron chi connectivity index (χ3n) is 4.13. The molecule has 1 amide bonds. The fourth-order valence-corrected chi connectivity index (χ4v) is 2.91. The number of nitrogens with one attached hydrogen (secondary N) is 1. The van der Waals surface area contributed by atoms with Gasteiger partial charge in [-0.15, -0.1) is 0 Å². The van der Waals surface area contributed by atoms with Gasteiger partial charge in [0.1, 0.15) is 11.4 Å². The van der Waals surface area contributed by atoms with E-state index >= 15 is 0 Å². The second kappa shape index (κ2) is 5.25. The van der Waals surface area contributed by atoms with Gasteiger partial charge in [0.05, 0.1) is 6.20 Å². The first kappa shape index (κ1) is 13.0. The maximum Gasteiger partial charge on any atom is 0.256 e. The van der Waals surface area contributed by atoms with E-state index in [0.29, 0.717) is 23.7 Å². The average Bonchev–Trinajstić information content (AvgIpc) is 3.18. The number of nitrogens with zero attached hydrogens (tertiary/aromatic N) is 5. The van der Waals surface area contributed by atoms with Crippen LogP contribution in [0.15, 0.2) is 37.1 Å². The van der Waals surface area contributed by atoms with Gasteiger partial charge in [0.15, 0.2) is 5.65 Å². The van der Waals surface area contributed by atoms with Gasteiger partial charge >= 0.3 is 0 Å². The molecule has 1 N–H and O–H groups in total. The first-order chi connectivity index (χ1) is 10.8. The van der Waals surface area contributed by atoms with Crippen molar-refractivity contribution in [3.63, 3.8) is 0 Å². The first-order valence-electron chi connectivity index (χ1n) is 7.38. The Bertz CT molecular complexity index is 820. The normalized spacial score (nSPS) is 17.4. The number of carbonyl (C=O) groups excluding carboxylic acids is 1. The Labute approximate surface area is 127 Å². The maximum atomic E-state index is 12.3. The summed E-state index contributed by atoms with van der Waals surface area (Å²) < 4.78 is 3.78. The average molecular weight is 296 g/mol. The predicted octanol–water partition coefficient (Wildman–Crippen LogP) is 0.918. The second-order valence-electron chi connectivity index (χ2n) is 5.55. The van der Waals surface area contributed by atoms with Crippen molar-refractivity contribution in [1.82, 2.24) is 29.5 Å². The van der Waals surface area contributed by atoms with Crippen LogP contribution in [0.25, 0.3) is 5.65 Å². The number of hydrogen-bond donors (Lipinski definition) is 1. The summed E-state index contributed by atoms with van der Waals surface area (Å²) in [5.41, 5.74) is 1.09. The van der Waals surface area contributed by atoms with Crippen molar-refractivity contribution in [2.45, 2.75) is 19.4 Å². The molecule has 7 heteroatoms. The summed E-state index contributed by atoms with van der Waals surface area (Å²) in [5, 5.41) is 7.14. The lowest BCUT2D eigenvalue weighted by atomic mass is 9.98. The molecule has 1 aliphatic rings. The lowest BCUT2D eigenvalue weighted by Crippen LogP contribution is -2.33. The molecule has 7 nitrogen and oxygen atoms in total. The van der Waals surface area contributed by atoms with Crippen LogP contribution in [0.3, 0.4) is 0 Å². The molecule has 0 saturated carbocycles. The summed E-state index contributed by atoms with van der Waals surface area (Å²) in [6.07, 6.45) is 10.8. The van der Waals surface area contributed by atoms with E-state index in [1.165, 1.54) is 0 Å². The third-order valence-corrected chi connectivity index (χ3v) is 4.13. The minimum atomic E-state index is -0.123. The Hall–Kier alpha value is -2.70. The van der Waals surface area contributed by atoms with Gasteiger partial charge in [-0.25, -0.2) is 14.5 Å². The zero-order chi connectivity index (χ0) is 14.9. The molecule has 4 heterocycles. The summed E-state index contributed by atoms with van der Waals surface area (Å²) in [6, 6.07) is 1.78. The topological polar surface area (TPSA) is 77.1 Å². The standard InChI is InChI=1S/C15H16N6O/c22-15(12-10-19-21-5-1-3-17-14(12)21)18-9-11-2-6-20-7-4-16-13(20)8-11/h1,3-5,7,10-11H,2,6,8-9H2,(H,18,22)/t11-/m1/s1. The monoisotopic (exact) mass is 296 g/mol. The van der Waals surface area contributed by atoms with Crippen molar-refractivity contribution in [2.24, 2.45) is 5.92 Å². The van der Waals surface area contributed by atoms with Crippen LogP contribution in [0, 0.1) is 5.92 Å². The highest BCUT2D eigenvalue weighted by molar-refractivity contribution is 5.99. The Balaban J connectivity index is 1.43. The fourth-order valence-electron chi connectivity index (χ4n) is 2.91. The van der Waals surface area contributed by atoms with Gasteiger partial charge in [0, 0.05) is 44.3 Å². The first-order valence-corrected chi connectivity index (χ1v) is 7.38. The van der Waals surface area contributed by atoms with E-state index in [-0.39, 0.29) is 5.91 Å². The van der Waals surface area contributed by atoms with Crippen LogP contribution in [0.4, 0.5) is 0 Å². The van der Waals surface area contributed by atoms with Gasteiger partial charge in [0.25, 0.3) is 5.91 Å². The van der Waals surface area contributed by atoms with Crippen molar-refractivity contribution < 1.29 is 4.79 Å². The molecule has 112 valence electrons. The molecule has 0 saturated heterocycles. The lowest BCUT2D eigenvalue weighted by molar-refractivity contribution is 0.0946. The van der Waals surface area contributed by atoms with Gasteiger partial charge in [0.2, 0.25) is 0 Å². The van der Waals surface area contributed by atoms with Crippen molar-refractivity contribution in [3.05, 3.63) is 48.4 Å². The number of aromatic nitrogens is 5. The zero-order valence-electron chi connectivity index (χ0n) is 12.0. The minimum absolute atomic E-state index is 0.123. The van der Waals surface area contributed by atoms with E-state index in [1.807, 2.05) is 12.4 Å². The molecular weight excluding hydrogens is 280 g/mol. The van der Waals surface area contributed by atoms with E-state index in [2.05, 4.69) is 25.0 Å². The predicted molar refractivity (Wildman–Crippen MR) is 79.4 cm³/mol. The van der Waals surface area contributed by atoms with Crippen molar-refractivity contribution in [2.75, 3.05) is 6.54 Å². The number of carbonyl (C=O) groups is 1. The summed E-state index contributed by atoms with van der Waals surface area (Å²) >= 11 is 0. The Kier molecular flexibility index (Phi) is 3.10. The van der Waals surface area contributed by atoms with Crippen LogP contribution in [0.1, 0.15) is 22.6 Å². The van der Waals surface area contributed by atoms with E-state index in [9.17, 15) is 4.79 Å². The molecule has 3 aromatic heterocycles. The molecular formula is C15H16N6O. The highest BCUT2D eigenvalue weighted by atomic mass is 16.1. The zero-order valence-corrected chi connectivity index (χ0v) is 12.0. The maximum absolute atomic E-state index is 12.3. The molecule has 0 radical (unpaired) electrons. The number of imidazole rings is 1. The molecule has 0 bridgehead atoms. The summed E-state index contributed by atoms with van der Waals surface area (Å²) in [7, 11) is 0. The number of amides is 1. The van der Waals surface area contributed by atoms with Crippen molar-refractivity contribution in [3.8, 4) is 0 Å². The quantitative estimate of drug-likeness (QED) is 0.779. The van der Waals surface area contributed by atoms with Gasteiger partial charge in [-0.1, -0.05) is 0 Å². The molecule has 3 aromatic rings. The van der Waals surface area contributed by atoms with Crippen LogP contribution in [0.5, 0.6) is 0 Å². The smallest absolute Gasteiger partial charge is 0.256 e. The summed E-state index contributed by atoms with van der Waals surface area (Å²) in [6.45, 7) is 1.62. The van der Waals surface area contributed by atoms with E-state index in [1.54, 1.807) is 29.2 Å². The molecule has 4 rings (SSSR count). The van der Waals surface area contributed by atoms with Crippen LogP contribution >= 0.6 is 0 Å². The number of fused-ring (bicyclic) bond motifs is 2. The van der Waals surface area contributed by atoms with Crippen LogP contribution < -0.4 is 5.32 Å². The van der Waals surface area contributed by atoms with Gasteiger partial charge < -0.3 is 9.88 Å². The molecule has 1 atom stereocenters. The second-order valence-corrected chi connectivity index (χ2v) is 5.55. The molecule has 0 spiro atoms. The number of rotatable bonds is 3. The minimum Gasteiger partial charge on any atom is -0.352 e. The van der Waals surface area contributed by atoms with Crippen LogP contribution in [-0.2, 0) is 13.0 Å². The van der Waals surface area contributed by atoms with E-state index < -0.39 is 0 Å². The number of hydrogen-bond acceptors (Lipinski definition) is 4. The van der Waals surface area contributed by atoms with Crippen LogP contribution in [0.2, 0.25) is 0 Å². The van der Waals surface area contributed by atoms with Gasteiger partial charge in [-0.05, 0) is 18.4 Å². The largest absolute Gasteiger partial charge is 0.352 e. The SMILES string of the molecule is O=C(NC[C@@H]1CCn2ccnc2C1)c1cnn2cccnc12. The third kappa shape index (κ3) is 2.24. The van der Waals surface area contributed by atoms with E-state index in [4.69, 9.17) is 0 Å². The molecule has 0 aliphatic carbocycles. The van der Waals surface area contributed by atoms with Crippen molar-refractivity contribution in [1.29, 1.82) is 0 Å². The molecule has 0 unspecified atom stereocenters. The Morgan fingerprint density at radius 3 is 3.23 bits per heavy atom. The molecule has 22 heavy (non-hydrogen) atoms. The Morgan fingerprint density at radius 1 is 1.32 bits per heavy atom. The lowest BCUT2D eigenvalue weighted by Gasteiger charge is -2.23. The molecule has 1 aliphatic heterocycles. The molecule has 0 fully saturated rings.